The largest absolute Gasteiger partial charge is 0.504 e. The molecule has 0 radical (unpaired) electrons. The van der Waals surface area contributed by atoms with Gasteiger partial charge in [-0.1, -0.05) is 6.92 Å². The van der Waals surface area contributed by atoms with Crippen LogP contribution in [0, 0.1) is 0 Å². The second-order valence-electron chi connectivity index (χ2n) is 2.86. The topological polar surface area (TPSA) is 72.6 Å². The van der Waals surface area contributed by atoms with Gasteiger partial charge in [-0.05, 0) is 18.6 Å². The third-order valence-corrected chi connectivity index (χ3v) is 2.06. The highest BCUT2D eigenvalue weighted by Gasteiger charge is 2.14. The molecule has 76 valence electrons. The maximum absolute atomic E-state index is 11.0. The van der Waals surface area contributed by atoms with E-state index >= 15 is 0 Å². The fourth-order valence-corrected chi connectivity index (χ4v) is 1.43. The van der Waals surface area contributed by atoms with E-state index in [4.69, 9.17) is 10.5 Å². The van der Waals surface area contributed by atoms with Crippen molar-refractivity contribution in [2.24, 2.45) is 5.73 Å². The molecular formula is C10H13NO3. The van der Waals surface area contributed by atoms with Gasteiger partial charge in [0.1, 0.15) is 0 Å². The Morgan fingerprint density at radius 3 is 2.64 bits per heavy atom. The summed E-state index contributed by atoms with van der Waals surface area (Å²) in [5.41, 5.74) is 6.22. The van der Waals surface area contributed by atoms with Gasteiger partial charge in [0, 0.05) is 11.1 Å². The molecule has 0 aliphatic heterocycles. The lowest BCUT2D eigenvalue weighted by Crippen LogP contribution is -2.14. The highest BCUT2D eigenvalue weighted by atomic mass is 16.5. The summed E-state index contributed by atoms with van der Waals surface area (Å²) in [5, 5.41) is 9.45. The number of primary amides is 1. The van der Waals surface area contributed by atoms with Crippen molar-refractivity contribution in [1.29, 1.82) is 0 Å². The van der Waals surface area contributed by atoms with Crippen molar-refractivity contribution in [3.63, 3.8) is 0 Å². The molecule has 1 amide bonds. The quantitative estimate of drug-likeness (QED) is 0.757. The number of benzene rings is 1. The lowest BCUT2D eigenvalue weighted by molar-refractivity contribution is 0.0999. The molecule has 1 rings (SSSR count). The number of hydrogen-bond acceptors (Lipinski definition) is 3. The van der Waals surface area contributed by atoms with Crippen molar-refractivity contribution in [3.8, 4) is 11.5 Å². The van der Waals surface area contributed by atoms with E-state index in [2.05, 4.69) is 0 Å². The van der Waals surface area contributed by atoms with Gasteiger partial charge in [-0.3, -0.25) is 4.79 Å². The number of aromatic hydroxyl groups is 1. The molecule has 0 atom stereocenters. The smallest absolute Gasteiger partial charge is 0.249 e. The van der Waals surface area contributed by atoms with Crippen LogP contribution in [0.1, 0.15) is 22.8 Å². The van der Waals surface area contributed by atoms with Crippen LogP contribution < -0.4 is 10.5 Å². The van der Waals surface area contributed by atoms with Crippen LogP contribution in [0.15, 0.2) is 12.1 Å². The van der Waals surface area contributed by atoms with E-state index < -0.39 is 5.91 Å². The van der Waals surface area contributed by atoms with Crippen LogP contribution in [0.2, 0.25) is 0 Å². The SMILES string of the molecule is CCc1c(C(N)=O)ccc(O)c1OC. The molecule has 0 fully saturated rings. The average Bonchev–Trinajstić information content (AvgIpc) is 2.16. The predicted molar refractivity (Wildman–Crippen MR) is 52.6 cm³/mol. The van der Waals surface area contributed by atoms with Gasteiger partial charge in [0.25, 0.3) is 0 Å². The van der Waals surface area contributed by atoms with E-state index in [1.54, 1.807) is 0 Å². The van der Waals surface area contributed by atoms with Crippen LogP contribution in [0.25, 0.3) is 0 Å². The molecule has 3 N–H and O–H groups in total. The van der Waals surface area contributed by atoms with Crippen molar-refractivity contribution >= 4 is 5.91 Å². The molecule has 4 nitrogen and oxygen atoms in total. The minimum absolute atomic E-state index is 0.0225. The third-order valence-electron chi connectivity index (χ3n) is 2.06. The Hall–Kier alpha value is -1.71. The summed E-state index contributed by atoms with van der Waals surface area (Å²) in [6.07, 6.45) is 0.579. The Balaban J connectivity index is 3.40. The van der Waals surface area contributed by atoms with Gasteiger partial charge < -0.3 is 15.6 Å². The molecular weight excluding hydrogens is 182 g/mol. The molecule has 0 aliphatic carbocycles. The molecule has 14 heavy (non-hydrogen) atoms. The highest BCUT2D eigenvalue weighted by molar-refractivity contribution is 5.95. The fourth-order valence-electron chi connectivity index (χ4n) is 1.43. The maximum Gasteiger partial charge on any atom is 0.249 e. The second kappa shape index (κ2) is 4.00. The molecule has 0 saturated carbocycles. The number of hydrogen-bond donors (Lipinski definition) is 2. The molecule has 0 heterocycles. The molecule has 1 aromatic carbocycles. The molecule has 1 aromatic rings. The first-order valence-corrected chi connectivity index (χ1v) is 4.30. The zero-order valence-corrected chi connectivity index (χ0v) is 8.20. The zero-order chi connectivity index (χ0) is 10.7. The minimum atomic E-state index is -0.514. The van der Waals surface area contributed by atoms with Crippen LogP contribution in [0.3, 0.4) is 0 Å². The van der Waals surface area contributed by atoms with E-state index in [0.29, 0.717) is 23.3 Å². The Bertz CT molecular complexity index is 361. The summed E-state index contributed by atoms with van der Waals surface area (Å²) >= 11 is 0. The summed E-state index contributed by atoms with van der Waals surface area (Å²) in [6, 6.07) is 2.90. The van der Waals surface area contributed by atoms with Gasteiger partial charge in [-0.2, -0.15) is 0 Å². The number of carbonyl (C=O) groups is 1. The van der Waals surface area contributed by atoms with Gasteiger partial charge in [0.2, 0.25) is 5.91 Å². The Kier molecular flexibility index (Phi) is 2.96. The van der Waals surface area contributed by atoms with Crippen LogP contribution in [0.5, 0.6) is 11.5 Å². The molecule has 0 spiro atoms. The van der Waals surface area contributed by atoms with Crippen molar-refractivity contribution in [1.82, 2.24) is 0 Å². The number of amides is 1. The number of carbonyl (C=O) groups excluding carboxylic acids is 1. The Labute approximate surface area is 82.3 Å². The van der Waals surface area contributed by atoms with Crippen molar-refractivity contribution in [2.45, 2.75) is 13.3 Å². The van der Waals surface area contributed by atoms with Crippen LogP contribution >= 0.6 is 0 Å². The normalized spacial score (nSPS) is 9.86. The van der Waals surface area contributed by atoms with E-state index in [-0.39, 0.29) is 5.75 Å². The molecule has 0 aromatic heterocycles. The van der Waals surface area contributed by atoms with Gasteiger partial charge >= 0.3 is 0 Å². The lowest BCUT2D eigenvalue weighted by Gasteiger charge is -2.11. The number of methoxy groups -OCH3 is 1. The number of rotatable bonds is 3. The summed E-state index contributed by atoms with van der Waals surface area (Å²) in [7, 11) is 1.44. The summed E-state index contributed by atoms with van der Waals surface area (Å²) < 4.78 is 5.00. The second-order valence-corrected chi connectivity index (χ2v) is 2.86. The first-order chi connectivity index (χ1) is 6.61. The number of nitrogens with two attached hydrogens (primary N) is 1. The Morgan fingerprint density at radius 1 is 1.57 bits per heavy atom. The number of phenols is 1. The molecule has 0 saturated heterocycles. The summed E-state index contributed by atoms with van der Waals surface area (Å²) in [6.45, 7) is 1.86. The van der Waals surface area contributed by atoms with Crippen molar-refractivity contribution in [2.75, 3.05) is 7.11 Å². The number of ether oxygens (including phenoxy) is 1. The maximum atomic E-state index is 11.0. The lowest BCUT2D eigenvalue weighted by atomic mass is 10.0. The van der Waals surface area contributed by atoms with Crippen LogP contribution in [-0.2, 0) is 6.42 Å². The summed E-state index contributed by atoms with van der Waals surface area (Å²) in [4.78, 5) is 11.0. The molecule has 0 bridgehead atoms. The highest BCUT2D eigenvalue weighted by Crippen LogP contribution is 2.32. The van der Waals surface area contributed by atoms with E-state index in [1.165, 1.54) is 19.2 Å². The van der Waals surface area contributed by atoms with Gasteiger partial charge in [-0.25, -0.2) is 0 Å². The minimum Gasteiger partial charge on any atom is -0.504 e. The zero-order valence-electron chi connectivity index (χ0n) is 8.20. The summed E-state index contributed by atoms with van der Waals surface area (Å²) in [5.74, 6) is -0.168. The average molecular weight is 195 g/mol. The van der Waals surface area contributed by atoms with E-state index in [1.807, 2.05) is 6.92 Å². The fraction of sp³-hybridized carbons (Fsp3) is 0.300. The van der Waals surface area contributed by atoms with Crippen molar-refractivity contribution in [3.05, 3.63) is 23.3 Å². The van der Waals surface area contributed by atoms with E-state index in [9.17, 15) is 9.90 Å². The molecule has 4 heteroatoms. The first-order valence-electron chi connectivity index (χ1n) is 4.30. The Morgan fingerprint density at radius 2 is 2.21 bits per heavy atom. The standard InChI is InChI=1S/C10H13NO3/c1-3-6-7(10(11)13)4-5-8(12)9(6)14-2/h4-5,12H,3H2,1-2H3,(H2,11,13). The molecule has 0 unspecified atom stereocenters. The van der Waals surface area contributed by atoms with Crippen LogP contribution in [0.4, 0.5) is 0 Å². The van der Waals surface area contributed by atoms with Crippen LogP contribution in [-0.4, -0.2) is 18.1 Å². The first kappa shape index (κ1) is 10.4. The monoisotopic (exact) mass is 195 g/mol. The van der Waals surface area contributed by atoms with Crippen molar-refractivity contribution < 1.29 is 14.6 Å². The number of phenolic OH excluding ortho intramolecular Hbond substituents is 1. The predicted octanol–water partition coefficient (Wildman–Crippen LogP) is 1.06. The molecule has 0 aliphatic rings. The van der Waals surface area contributed by atoms with Gasteiger partial charge in [0.15, 0.2) is 11.5 Å². The van der Waals surface area contributed by atoms with Gasteiger partial charge in [0.05, 0.1) is 7.11 Å². The third kappa shape index (κ3) is 1.64. The van der Waals surface area contributed by atoms with Gasteiger partial charge in [-0.15, -0.1) is 0 Å². The van der Waals surface area contributed by atoms with E-state index in [0.717, 1.165) is 0 Å².